The molecule has 0 radical (unpaired) electrons. The van der Waals surface area contributed by atoms with E-state index >= 15 is 0 Å². The van der Waals surface area contributed by atoms with Gasteiger partial charge in [-0.25, -0.2) is 0 Å². The van der Waals surface area contributed by atoms with Crippen LogP contribution in [0, 0.1) is 0 Å². The van der Waals surface area contributed by atoms with Gasteiger partial charge in [-0.05, 0) is 50.8 Å². The minimum atomic E-state index is 0.198. The van der Waals surface area contributed by atoms with Gasteiger partial charge in [-0.15, -0.1) is 0 Å². The average molecular weight is 351 g/mol. The highest BCUT2D eigenvalue weighted by Crippen LogP contribution is 2.34. The first-order valence-electron chi connectivity index (χ1n) is 9.68. The van der Waals surface area contributed by atoms with E-state index in [9.17, 15) is 0 Å². The lowest BCUT2D eigenvalue weighted by atomic mass is 9.86. The number of benzene rings is 3. The molecule has 3 aromatic carbocycles. The van der Waals surface area contributed by atoms with Crippen LogP contribution in [0.15, 0.2) is 91.0 Å². The van der Waals surface area contributed by atoms with Crippen molar-refractivity contribution < 1.29 is 0 Å². The summed E-state index contributed by atoms with van der Waals surface area (Å²) in [7, 11) is 0. The summed E-state index contributed by atoms with van der Waals surface area (Å²) < 4.78 is 0. The zero-order chi connectivity index (χ0) is 18.9. The normalized spacial score (nSPS) is 14.0. The number of hydrogen-bond donors (Lipinski definition) is 0. The molecule has 0 aliphatic heterocycles. The van der Waals surface area contributed by atoms with Crippen LogP contribution < -0.4 is 0 Å². The Morgan fingerprint density at radius 2 is 1.15 bits per heavy atom. The molecule has 0 spiro atoms. The fourth-order valence-electron chi connectivity index (χ4n) is 3.60. The lowest BCUT2D eigenvalue weighted by Crippen LogP contribution is -2.10. The van der Waals surface area contributed by atoms with Gasteiger partial charge in [0.1, 0.15) is 0 Å². The van der Waals surface area contributed by atoms with Crippen molar-refractivity contribution in [2.24, 2.45) is 0 Å². The molecule has 0 saturated heterocycles. The van der Waals surface area contributed by atoms with Gasteiger partial charge in [0.2, 0.25) is 0 Å². The molecule has 0 saturated carbocycles. The van der Waals surface area contributed by atoms with Crippen molar-refractivity contribution in [3.05, 3.63) is 108 Å². The molecule has 0 unspecified atom stereocenters. The lowest BCUT2D eigenvalue weighted by Gasteiger charge is -2.19. The Morgan fingerprint density at radius 1 is 0.593 bits per heavy atom. The monoisotopic (exact) mass is 350 g/mol. The van der Waals surface area contributed by atoms with E-state index in [0.717, 1.165) is 6.42 Å². The Hall–Kier alpha value is -2.86. The first-order chi connectivity index (χ1) is 13.0. The lowest BCUT2D eigenvalue weighted by molar-refractivity contribution is 0.590. The van der Waals surface area contributed by atoms with Gasteiger partial charge in [-0.1, -0.05) is 112 Å². The molecule has 27 heavy (non-hydrogen) atoms. The molecule has 3 aromatic rings. The van der Waals surface area contributed by atoms with E-state index in [-0.39, 0.29) is 5.41 Å². The van der Waals surface area contributed by atoms with Crippen LogP contribution in [0.2, 0.25) is 0 Å². The Morgan fingerprint density at radius 3 is 1.78 bits per heavy atom. The summed E-state index contributed by atoms with van der Waals surface area (Å²) in [5.41, 5.74) is 9.45. The molecule has 0 amide bonds. The van der Waals surface area contributed by atoms with Gasteiger partial charge < -0.3 is 0 Å². The summed E-state index contributed by atoms with van der Waals surface area (Å²) in [4.78, 5) is 0. The number of allylic oxidation sites excluding steroid dienone is 4. The first kappa shape index (κ1) is 17.5. The van der Waals surface area contributed by atoms with E-state index in [2.05, 4.69) is 112 Å². The van der Waals surface area contributed by atoms with Crippen molar-refractivity contribution in [3.8, 4) is 11.1 Å². The van der Waals surface area contributed by atoms with E-state index in [1.807, 2.05) is 0 Å². The van der Waals surface area contributed by atoms with E-state index in [4.69, 9.17) is 0 Å². The summed E-state index contributed by atoms with van der Waals surface area (Å²) >= 11 is 0. The fourth-order valence-corrected chi connectivity index (χ4v) is 3.60. The third kappa shape index (κ3) is 3.80. The van der Waals surface area contributed by atoms with Crippen LogP contribution in [-0.4, -0.2) is 0 Å². The van der Waals surface area contributed by atoms with Crippen molar-refractivity contribution >= 4 is 11.1 Å². The predicted octanol–water partition coefficient (Wildman–Crippen LogP) is 7.52. The van der Waals surface area contributed by atoms with Gasteiger partial charge in [0.15, 0.2) is 0 Å². The third-order valence-corrected chi connectivity index (χ3v) is 5.32. The molecular formula is C27H26. The van der Waals surface area contributed by atoms with E-state index < -0.39 is 0 Å². The zero-order valence-electron chi connectivity index (χ0n) is 16.4. The average Bonchev–Trinajstić information content (AvgIpc) is 3.18. The number of hydrogen-bond acceptors (Lipinski definition) is 0. The molecule has 1 aliphatic rings. The molecule has 0 heteroatoms. The third-order valence-electron chi connectivity index (χ3n) is 5.32. The topological polar surface area (TPSA) is 0 Å². The largest absolute Gasteiger partial charge is 0.0722 e. The van der Waals surface area contributed by atoms with E-state index in [0.29, 0.717) is 0 Å². The van der Waals surface area contributed by atoms with Crippen molar-refractivity contribution in [3.63, 3.8) is 0 Å². The highest BCUT2D eigenvalue weighted by Gasteiger charge is 2.15. The molecule has 0 atom stereocenters. The van der Waals surface area contributed by atoms with Crippen LogP contribution in [0.25, 0.3) is 22.3 Å². The van der Waals surface area contributed by atoms with Gasteiger partial charge >= 0.3 is 0 Å². The quantitative estimate of drug-likeness (QED) is 0.458. The molecule has 4 rings (SSSR count). The Bertz CT molecular complexity index is 977. The van der Waals surface area contributed by atoms with Crippen molar-refractivity contribution in [2.45, 2.75) is 32.6 Å². The highest BCUT2D eigenvalue weighted by atomic mass is 14.2. The maximum absolute atomic E-state index is 2.34. The molecule has 1 aliphatic carbocycles. The van der Waals surface area contributed by atoms with Crippen LogP contribution in [0.3, 0.4) is 0 Å². The van der Waals surface area contributed by atoms with Gasteiger partial charge in [0, 0.05) is 0 Å². The second kappa shape index (κ2) is 7.04. The maximum atomic E-state index is 2.34. The minimum Gasteiger partial charge on any atom is -0.0722 e. The summed E-state index contributed by atoms with van der Waals surface area (Å²) in [5.74, 6) is 0. The summed E-state index contributed by atoms with van der Waals surface area (Å²) in [5, 5.41) is 0. The smallest absolute Gasteiger partial charge is 0.00821 e. The Kier molecular flexibility index (Phi) is 4.58. The molecular weight excluding hydrogens is 324 g/mol. The van der Waals surface area contributed by atoms with E-state index in [1.165, 1.54) is 39.0 Å². The van der Waals surface area contributed by atoms with Crippen LogP contribution in [0.1, 0.15) is 43.9 Å². The van der Waals surface area contributed by atoms with Crippen LogP contribution >= 0.6 is 0 Å². The fraction of sp³-hybridized carbons (Fsp3) is 0.185. The molecule has 0 nitrogen and oxygen atoms in total. The minimum absolute atomic E-state index is 0.198. The van der Waals surface area contributed by atoms with Gasteiger partial charge in [0.25, 0.3) is 0 Å². The van der Waals surface area contributed by atoms with Crippen molar-refractivity contribution in [1.29, 1.82) is 0 Å². The Balaban J connectivity index is 1.53. The summed E-state index contributed by atoms with van der Waals surface area (Å²) in [6, 6.07) is 28.5. The predicted molar refractivity (Wildman–Crippen MR) is 118 cm³/mol. The SMILES string of the molecule is CC(C)(C)c1ccc(C2=CCC(c3ccc(-c4ccccc4)cc3)=C2)cc1. The molecule has 0 fully saturated rings. The van der Waals surface area contributed by atoms with Crippen LogP contribution in [0.4, 0.5) is 0 Å². The van der Waals surface area contributed by atoms with Crippen LogP contribution in [-0.2, 0) is 5.41 Å². The van der Waals surface area contributed by atoms with Gasteiger partial charge in [-0.2, -0.15) is 0 Å². The first-order valence-corrected chi connectivity index (χ1v) is 9.68. The van der Waals surface area contributed by atoms with Crippen molar-refractivity contribution in [2.75, 3.05) is 0 Å². The maximum Gasteiger partial charge on any atom is -0.00821 e. The molecule has 0 N–H and O–H groups in total. The standard InChI is InChI=1S/C27H26/c1-27(2,3)26-17-15-23(16-18-26)25-14-13-24(19-25)22-11-9-21(10-12-22)20-7-5-4-6-8-20/h4-12,14-19H,13H2,1-3H3. The second-order valence-electron chi connectivity index (χ2n) is 8.30. The molecule has 0 bridgehead atoms. The summed E-state index contributed by atoms with van der Waals surface area (Å²) in [6.07, 6.45) is 5.68. The molecule has 134 valence electrons. The van der Waals surface area contributed by atoms with Crippen molar-refractivity contribution in [1.82, 2.24) is 0 Å². The highest BCUT2D eigenvalue weighted by molar-refractivity contribution is 5.89. The van der Waals surface area contributed by atoms with Gasteiger partial charge in [-0.3, -0.25) is 0 Å². The molecule has 0 aromatic heterocycles. The zero-order valence-corrected chi connectivity index (χ0v) is 16.4. The van der Waals surface area contributed by atoms with Crippen LogP contribution in [0.5, 0.6) is 0 Å². The van der Waals surface area contributed by atoms with Gasteiger partial charge in [0.05, 0.1) is 0 Å². The van der Waals surface area contributed by atoms with E-state index in [1.54, 1.807) is 0 Å². The summed E-state index contributed by atoms with van der Waals surface area (Å²) in [6.45, 7) is 6.77. The second-order valence-corrected chi connectivity index (χ2v) is 8.30. The molecule has 0 heterocycles. The Labute approximate surface area is 162 Å². The number of rotatable bonds is 3.